The Morgan fingerprint density at radius 2 is 1.94 bits per heavy atom. The number of carbonyl (C=O) groups excluding carboxylic acids is 1. The van der Waals surface area contributed by atoms with Gasteiger partial charge in [-0.2, -0.15) is 0 Å². The summed E-state index contributed by atoms with van der Waals surface area (Å²) in [6, 6.07) is 12.9. The van der Waals surface area contributed by atoms with E-state index in [4.69, 9.17) is 4.74 Å². The lowest BCUT2D eigenvalue weighted by atomic mass is 9.92. The molecule has 5 rings (SSSR count). The second-order valence-corrected chi connectivity index (χ2v) is 9.52. The monoisotopic (exact) mass is 464 g/mol. The van der Waals surface area contributed by atoms with E-state index in [1.165, 1.54) is 6.07 Å². The Morgan fingerprint density at radius 3 is 2.53 bits per heavy atom. The molecule has 0 spiro atoms. The van der Waals surface area contributed by atoms with Gasteiger partial charge in [-0.05, 0) is 75.9 Å². The number of hydrogen-bond donors (Lipinski definition) is 2. The zero-order chi connectivity index (χ0) is 24.0. The van der Waals surface area contributed by atoms with Crippen LogP contribution in [0.4, 0.5) is 14.9 Å². The van der Waals surface area contributed by atoms with Crippen LogP contribution in [0.25, 0.3) is 33.5 Å². The normalized spacial score (nSPS) is 14.2. The number of amides is 1. The molecule has 9 heteroatoms. The molecule has 1 fully saturated rings. The summed E-state index contributed by atoms with van der Waals surface area (Å²) in [6.45, 7) is 5.43. The molecule has 0 unspecified atom stereocenters. The molecule has 1 saturated carbocycles. The van der Waals surface area contributed by atoms with E-state index in [1.54, 1.807) is 6.07 Å². The molecule has 0 atom stereocenters. The van der Waals surface area contributed by atoms with Crippen LogP contribution in [0.5, 0.6) is 0 Å². The van der Waals surface area contributed by atoms with Crippen molar-refractivity contribution in [2.75, 3.05) is 5.32 Å². The van der Waals surface area contributed by atoms with Crippen LogP contribution in [0.1, 0.15) is 46.1 Å². The second-order valence-electron chi connectivity index (χ2n) is 9.52. The fourth-order valence-corrected chi connectivity index (χ4v) is 4.18. The number of aromatic amines is 1. The number of hydrogen-bond acceptors (Lipinski definition) is 5. The van der Waals surface area contributed by atoms with E-state index in [0.717, 1.165) is 41.4 Å². The van der Waals surface area contributed by atoms with Crippen LogP contribution in [0, 0.1) is 5.82 Å². The van der Waals surface area contributed by atoms with Crippen molar-refractivity contribution in [1.29, 1.82) is 0 Å². The number of rotatable bonds is 4. The van der Waals surface area contributed by atoms with Gasteiger partial charge in [0.25, 0.3) is 0 Å². The Bertz CT molecular complexity index is 1420. The summed E-state index contributed by atoms with van der Waals surface area (Å²) in [5, 5.41) is 7.14. The minimum Gasteiger partial charge on any atom is -0.444 e. The smallest absolute Gasteiger partial charge is 0.439 e. The van der Waals surface area contributed by atoms with Gasteiger partial charge in [-0.1, -0.05) is 17.3 Å². The zero-order valence-electron chi connectivity index (χ0n) is 19.1. The number of anilines is 1. The van der Waals surface area contributed by atoms with E-state index >= 15 is 0 Å². The number of aromatic nitrogens is 3. The van der Waals surface area contributed by atoms with Gasteiger partial charge in [0.15, 0.2) is 5.82 Å². The van der Waals surface area contributed by atoms with E-state index in [9.17, 15) is 14.0 Å². The topological polar surface area (TPSA) is 102 Å². The number of benzene rings is 2. The van der Waals surface area contributed by atoms with Gasteiger partial charge < -0.3 is 9.30 Å². The van der Waals surface area contributed by atoms with Crippen LogP contribution < -0.4 is 11.1 Å². The highest BCUT2D eigenvalue weighted by atomic mass is 19.1. The van der Waals surface area contributed by atoms with Gasteiger partial charge in [0.1, 0.15) is 11.4 Å². The number of halogens is 1. The molecule has 2 heterocycles. The molecule has 2 aromatic heterocycles. The fraction of sp³-hybridized carbons (Fsp3) is 0.320. The number of ether oxygens (including phenoxy) is 1. The van der Waals surface area contributed by atoms with Crippen molar-refractivity contribution < 1.29 is 18.4 Å². The lowest BCUT2D eigenvalue weighted by Gasteiger charge is -2.30. The summed E-state index contributed by atoms with van der Waals surface area (Å²) < 4.78 is 27.0. The van der Waals surface area contributed by atoms with Gasteiger partial charge in [0.2, 0.25) is 0 Å². The predicted octanol–water partition coefficient (Wildman–Crippen LogP) is 5.86. The molecule has 0 bridgehead atoms. The fourth-order valence-electron chi connectivity index (χ4n) is 4.18. The highest BCUT2D eigenvalue weighted by Gasteiger charge is 2.26. The van der Waals surface area contributed by atoms with Crippen LogP contribution in [-0.4, -0.2) is 26.4 Å². The standard InChI is InChI=1S/C25H25FN4O4/c1-25(2,3)33-23(31)27-16-9-7-14(8-10-16)20-12-15-11-19(26)18(22-28-24(32)34-29-22)13-21(15)30(20)17-5-4-6-17/h7-13,17H,4-6H2,1-3H3,(H,27,31)(H,28,29,32). The average molecular weight is 464 g/mol. The molecule has 2 N–H and O–H groups in total. The van der Waals surface area contributed by atoms with Crippen LogP contribution in [0.2, 0.25) is 0 Å². The summed E-state index contributed by atoms with van der Waals surface area (Å²) in [7, 11) is 0. The largest absolute Gasteiger partial charge is 0.444 e. The van der Waals surface area contributed by atoms with Gasteiger partial charge in [-0.3, -0.25) is 14.8 Å². The first-order chi connectivity index (χ1) is 16.2. The molecule has 34 heavy (non-hydrogen) atoms. The van der Waals surface area contributed by atoms with Crippen LogP contribution in [-0.2, 0) is 4.74 Å². The molecule has 0 radical (unpaired) electrons. The lowest BCUT2D eigenvalue weighted by Crippen LogP contribution is -2.27. The maximum atomic E-state index is 14.9. The third-order valence-electron chi connectivity index (χ3n) is 5.89. The summed E-state index contributed by atoms with van der Waals surface area (Å²) in [5.41, 5.74) is 2.97. The third-order valence-corrected chi connectivity index (χ3v) is 5.89. The average Bonchev–Trinajstić information content (AvgIpc) is 3.29. The van der Waals surface area contributed by atoms with E-state index in [-0.39, 0.29) is 11.4 Å². The minimum atomic E-state index is -0.732. The Hall–Kier alpha value is -3.88. The van der Waals surface area contributed by atoms with E-state index in [1.807, 2.05) is 51.1 Å². The van der Waals surface area contributed by atoms with Gasteiger partial charge in [0, 0.05) is 28.3 Å². The Kier molecular flexibility index (Phi) is 5.27. The van der Waals surface area contributed by atoms with Crippen molar-refractivity contribution in [3.8, 4) is 22.6 Å². The highest BCUT2D eigenvalue weighted by Crippen LogP contribution is 2.41. The predicted molar refractivity (Wildman–Crippen MR) is 126 cm³/mol. The molecule has 0 aliphatic heterocycles. The number of nitrogens with one attached hydrogen (secondary N) is 2. The van der Waals surface area contributed by atoms with E-state index < -0.39 is 23.3 Å². The first-order valence-electron chi connectivity index (χ1n) is 11.2. The summed E-state index contributed by atoms with van der Waals surface area (Å²) in [6.07, 6.45) is 2.68. The SMILES string of the molecule is CC(C)(C)OC(=O)Nc1ccc(-c2cc3cc(F)c(-c4noc(=O)[nH]4)cc3n2C2CCC2)cc1. The van der Waals surface area contributed by atoms with Crippen molar-refractivity contribution in [2.45, 2.75) is 51.7 Å². The van der Waals surface area contributed by atoms with Gasteiger partial charge in [-0.25, -0.2) is 14.0 Å². The van der Waals surface area contributed by atoms with E-state index in [0.29, 0.717) is 11.7 Å². The molecular weight excluding hydrogens is 439 g/mol. The summed E-state index contributed by atoms with van der Waals surface area (Å²) in [4.78, 5) is 25.9. The third kappa shape index (κ3) is 4.21. The first kappa shape index (κ1) is 21.9. The molecule has 176 valence electrons. The summed E-state index contributed by atoms with van der Waals surface area (Å²) >= 11 is 0. The van der Waals surface area contributed by atoms with Crippen LogP contribution >= 0.6 is 0 Å². The van der Waals surface area contributed by atoms with Crippen LogP contribution in [0.3, 0.4) is 0 Å². The van der Waals surface area contributed by atoms with Gasteiger partial charge in [0.05, 0.1) is 5.56 Å². The number of fused-ring (bicyclic) bond motifs is 1. The van der Waals surface area contributed by atoms with Crippen LogP contribution in [0.15, 0.2) is 51.8 Å². The molecule has 1 aliphatic rings. The number of nitrogens with zero attached hydrogens (tertiary/aromatic N) is 2. The molecule has 2 aromatic carbocycles. The molecule has 4 aromatic rings. The number of carbonyl (C=O) groups is 1. The quantitative estimate of drug-likeness (QED) is 0.394. The molecule has 1 aliphatic carbocycles. The summed E-state index contributed by atoms with van der Waals surface area (Å²) in [5.74, 6) is -1.17. The highest BCUT2D eigenvalue weighted by molar-refractivity contribution is 5.91. The minimum absolute atomic E-state index is 0.0601. The Morgan fingerprint density at radius 1 is 1.21 bits per heavy atom. The van der Waals surface area contributed by atoms with Gasteiger partial charge >= 0.3 is 11.8 Å². The molecule has 0 saturated heterocycles. The number of H-pyrrole nitrogens is 1. The van der Waals surface area contributed by atoms with Crippen molar-refractivity contribution in [3.63, 3.8) is 0 Å². The Balaban J connectivity index is 1.53. The van der Waals surface area contributed by atoms with Crippen molar-refractivity contribution in [3.05, 3.63) is 58.8 Å². The van der Waals surface area contributed by atoms with E-state index in [2.05, 4.69) is 24.5 Å². The maximum absolute atomic E-state index is 14.9. The van der Waals surface area contributed by atoms with Gasteiger partial charge in [-0.15, -0.1) is 0 Å². The van der Waals surface area contributed by atoms with Crippen molar-refractivity contribution in [1.82, 2.24) is 14.7 Å². The molecule has 8 nitrogen and oxygen atoms in total. The lowest BCUT2D eigenvalue weighted by molar-refractivity contribution is 0.0636. The zero-order valence-corrected chi connectivity index (χ0v) is 19.1. The maximum Gasteiger partial charge on any atom is 0.439 e. The Labute approximate surface area is 194 Å². The van der Waals surface area contributed by atoms with Crippen molar-refractivity contribution >= 4 is 22.7 Å². The second kappa shape index (κ2) is 8.16. The molecule has 1 amide bonds. The molecular formula is C25H25FN4O4. The van der Waals surface area contributed by atoms with Crippen molar-refractivity contribution in [2.24, 2.45) is 0 Å². The first-order valence-corrected chi connectivity index (χ1v) is 11.2.